The molecule has 0 bridgehead atoms. The number of anilines is 1. The van der Waals surface area contributed by atoms with Crippen LogP contribution in [0.15, 0.2) is 30.7 Å². The SMILES string of the molecule is Cn1cc(-c2ccc(N3CCNCC3)nc2)cn1. The number of aryl methyl sites for hydroxylation is 1. The lowest BCUT2D eigenvalue weighted by atomic mass is 10.1. The highest BCUT2D eigenvalue weighted by atomic mass is 15.2. The molecular formula is C13H17N5. The van der Waals surface area contributed by atoms with Crippen LogP contribution in [0.4, 0.5) is 5.82 Å². The minimum atomic E-state index is 1.03. The smallest absolute Gasteiger partial charge is 0.128 e. The highest BCUT2D eigenvalue weighted by molar-refractivity contribution is 5.62. The highest BCUT2D eigenvalue weighted by Crippen LogP contribution is 2.20. The molecule has 2 aromatic heterocycles. The molecule has 1 saturated heterocycles. The van der Waals surface area contributed by atoms with Gasteiger partial charge in [-0.2, -0.15) is 5.10 Å². The van der Waals surface area contributed by atoms with Crippen LogP contribution in [-0.2, 0) is 7.05 Å². The fraction of sp³-hybridized carbons (Fsp3) is 0.385. The van der Waals surface area contributed by atoms with Gasteiger partial charge in [0.05, 0.1) is 6.20 Å². The normalized spacial score (nSPS) is 15.9. The van der Waals surface area contributed by atoms with Crippen molar-refractivity contribution >= 4 is 5.82 Å². The van der Waals surface area contributed by atoms with Gasteiger partial charge in [-0.05, 0) is 12.1 Å². The minimum Gasteiger partial charge on any atom is -0.354 e. The third-order valence-electron chi connectivity index (χ3n) is 3.23. The monoisotopic (exact) mass is 243 g/mol. The minimum absolute atomic E-state index is 1.03. The summed E-state index contributed by atoms with van der Waals surface area (Å²) in [5, 5.41) is 7.52. The van der Waals surface area contributed by atoms with Gasteiger partial charge in [0.25, 0.3) is 0 Å². The molecule has 5 heteroatoms. The largest absolute Gasteiger partial charge is 0.354 e. The molecule has 94 valence electrons. The number of hydrogen-bond donors (Lipinski definition) is 1. The van der Waals surface area contributed by atoms with Crippen molar-refractivity contribution in [1.29, 1.82) is 0 Å². The number of pyridine rings is 1. The van der Waals surface area contributed by atoms with Crippen molar-refractivity contribution in [3.8, 4) is 11.1 Å². The summed E-state index contributed by atoms with van der Waals surface area (Å²) in [6.45, 7) is 4.12. The quantitative estimate of drug-likeness (QED) is 0.851. The summed E-state index contributed by atoms with van der Waals surface area (Å²) < 4.78 is 1.81. The summed E-state index contributed by atoms with van der Waals surface area (Å²) in [6.07, 6.45) is 5.79. The van der Waals surface area contributed by atoms with Crippen LogP contribution in [0, 0.1) is 0 Å². The molecule has 1 N–H and O–H groups in total. The number of nitrogens with zero attached hydrogens (tertiary/aromatic N) is 4. The van der Waals surface area contributed by atoms with E-state index in [2.05, 4.69) is 32.4 Å². The zero-order chi connectivity index (χ0) is 12.4. The molecule has 1 aliphatic heterocycles. The predicted octanol–water partition coefficient (Wildman–Crippen LogP) is 0.892. The molecule has 0 unspecified atom stereocenters. The maximum Gasteiger partial charge on any atom is 0.128 e. The second-order valence-electron chi connectivity index (χ2n) is 4.54. The van der Waals surface area contributed by atoms with Crippen molar-refractivity contribution in [2.45, 2.75) is 0 Å². The second kappa shape index (κ2) is 4.78. The molecule has 1 aliphatic rings. The summed E-state index contributed by atoms with van der Waals surface area (Å²) in [4.78, 5) is 6.86. The first-order valence-corrected chi connectivity index (χ1v) is 6.24. The Bertz CT molecular complexity index is 510. The Labute approximate surface area is 106 Å². The number of hydrogen-bond acceptors (Lipinski definition) is 4. The van der Waals surface area contributed by atoms with Gasteiger partial charge in [0, 0.05) is 56.7 Å². The van der Waals surface area contributed by atoms with E-state index in [1.807, 2.05) is 25.6 Å². The van der Waals surface area contributed by atoms with Gasteiger partial charge in [-0.25, -0.2) is 4.98 Å². The Balaban J connectivity index is 1.80. The lowest BCUT2D eigenvalue weighted by Crippen LogP contribution is -2.43. The third-order valence-corrected chi connectivity index (χ3v) is 3.23. The summed E-state index contributed by atoms with van der Waals surface area (Å²) in [5.74, 6) is 1.06. The van der Waals surface area contributed by atoms with Crippen molar-refractivity contribution in [3.63, 3.8) is 0 Å². The lowest BCUT2D eigenvalue weighted by Gasteiger charge is -2.28. The molecule has 2 aromatic rings. The third kappa shape index (κ3) is 2.22. The van der Waals surface area contributed by atoms with E-state index >= 15 is 0 Å². The van der Waals surface area contributed by atoms with Crippen molar-refractivity contribution in [2.24, 2.45) is 7.05 Å². The molecule has 0 radical (unpaired) electrons. The van der Waals surface area contributed by atoms with Crippen molar-refractivity contribution in [2.75, 3.05) is 31.1 Å². The van der Waals surface area contributed by atoms with Gasteiger partial charge in [0.15, 0.2) is 0 Å². The molecule has 0 spiro atoms. The second-order valence-corrected chi connectivity index (χ2v) is 4.54. The van der Waals surface area contributed by atoms with Gasteiger partial charge in [-0.15, -0.1) is 0 Å². The van der Waals surface area contributed by atoms with E-state index in [-0.39, 0.29) is 0 Å². The molecule has 0 saturated carbocycles. The van der Waals surface area contributed by atoms with Gasteiger partial charge in [0.2, 0.25) is 0 Å². The maximum atomic E-state index is 4.55. The van der Waals surface area contributed by atoms with Gasteiger partial charge < -0.3 is 10.2 Å². The molecule has 1 fully saturated rings. The molecule has 18 heavy (non-hydrogen) atoms. The lowest BCUT2D eigenvalue weighted by molar-refractivity contribution is 0.585. The summed E-state index contributed by atoms with van der Waals surface area (Å²) in [6, 6.07) is 4.20. The zero-order valence-electron chi connectivity index (χ0n) is 10.5. The molecule has 0 amide bonds. The van der Waals surface area contributed by atoms with E-state index in [4.69, 9.17) is 0 Å². The van der Waals surface area contributed by atoms with Crippen LogP contribution >= 0.6 is 0 Å². The summed E-state index contributed by atoms with van der Waals surface area (Å²) in [5.41, 5.74) is 2.22. The Kier molecular flexibility index (Phi) is 2.98. The van der Waals surface area contributed by atoms with E-state index in [1.165, 1.54) is 0 Å². The Hall–Kier alpha value is -1.88. The van der Waals surface area contributed by atoms with Gasteiger partial charge >= 0.3 is 0 Å². The number of nitrogens with one attached hydrogen (secondary N) is 1. The maximum absolute atomic E-state index is 4.55. The first-order chi connectivity index (χ1) is 8.83. The molecule has 3 rings (SSSR count). The Morgan fingerprint density at radius 1 is 1.11 bits per heavy atom. The van der Waals surface area contributed by atoms with Crippen molar-refractivity contribution < 1.29 is 0 Å². The van der Waals surface area contributed by atoms with Crippen LogP contribution in [0.5, 0.6) is 0 Å². The highest BCUT2D eigenvalue weighted by Gasteiger charge is 2.11. The number of rotatable bonds is 2. The molecule has 0 aliphatic carbocycles. The van der Waals surface area contributed by atoms with Gasteiger partial charge in [-0.3, -0.25) is 4.68 Å². The number of piperazine rings is 1. The summed E-state index contributed by atoms with van der Waals surface area (Å²) >= 11 is 0. The Morgan fingerprint density at radius 3 is 2.56 bits per heavy atom. The standard InChI is InChI=1S/C13H17N5/c1-17-10-12(9-16-17)11-2-3-13(15-8-11)18-6-4-14-5-7-18/h2-3,8-10,14H,4-7H2,1H3. The van der Waals surface area contributed by atoms with Crippen LogP contribution in [-0.4, -0.2) is 40.9 Å². The molecule has 0 aromatic carbocycles. The first-order valence-electron chi connectivity index (χ1n) is 6.24. The fourth-order valence-corrected chi connectivity index (χ4v) is 2.21. The number of aromatic nitrogens is 3. The van der Waals surface area contributed by atoms with E-state index in [9.17, 15) is 0 Å². The fourth-order valence-electron chi connectivity index (χ4n) is 2.21. The van der Waals surface area contributed by atoms with Crippen molar-refractivity contribution in [3.05, 3.63) is 30.7 Å². The van der Waals surface area contributed by atoms with Crippen LogP contribution < -0.4 is 10.2 Å². The van der Waals surface area contributed by atoms with E-state index < -0.39 is 0 Å². The van der Waals surface area contributed by atoms with E-state index in [1.54, 1.807) is 4.68 Å². The average molecular weight is 243 g/mol. The van der Waals surface area contributed by atoms with Gasteiger partial charge in [0.1, 0.15) is 5.82 Å². The van der Waals surface area contributed by atoms with Crippen LogP contribution in [0.25, 0.3) is 11.1 Å². The average Bonchev–Trinajstić information content (AvgIpc) is 2.87. The molecule has 5 nitrogen and oxygen atoms in total. The molecule has 3 heterocycles. The van der Waals surface area contributed by atoms with Crippen molar-refractivity contribution in [1.82, 2.24) is 20.1 Å². The molecular weight excluding hydrogens is 226 g/mol. The predicted molar refractivity (Wildman–Crippen MR) is 71.5 cm³/mol. The molecule has 0 atom stereocenters. The first kappa shape index (κ1) is 11.2. The van der Waals surface area contributed by atoms with Crippen LogP contribution in [0.2, 0.25) is 0 Å². The van der Waals surface area contributed by atoms with Crippen LogP contribution in [0.1, 0.15) is 0 Å². The Morgan fingerprint density at radius 2 is 1.94 bits per heavy atom. The van der Waals surface area contributed by atoms with E-state index in [0.29, 0.717) is 0 Å². The zero-order valence-corrected chi connectivity index (χ0v) is 10.5. The topological polar surface area (TPSA) is 46.0 Å². The summed E-state index contributed by atoms with van der Waals surface area (Å²) in [7, 11) is 1.92. The van der Waals surface area contributed by atoms with E-state index in [0.717, 1.165) is 43.1 Å². The van der Waals surface area contributed by atoms with Gasteiger partial charge in [-0.1, -0.05) is 0 Å². The van der Waals surface area contributed by atoms with Crippen LogP contribution in [0.3, 0.4) is 0 Å².